The van der Waals surface area contributed by atoms with Crippen molar-refractivity contribution in [3.05, 3.63) is 34.5 Å². The number of halogens is 1. The molecule has 82 valence electrons. The summed E-state index contributed by atoms with van der Waals surface area (Å²) in [6.07, 6.45) is 3.59. The first-order valence-corrected chi connectivity index (χ1v) is 5.48. The van der Waals surface area contributed by atoms with Gasteiger partial charge in [-0.25, -0.2) is 0 Å². The number of nitrogens with zero attached hydrogens (tertiary/aromatic N) is 1. The van der Waals surface area contributed by atoms with Gasteiger partial charge in [0.1, 0.15) is 5.75 Å². The third-order valence-corrected chi connectivity index (χ3v) is 3.27. The van der Waals surface area contributed by atoms with E-state index in [0.717, 1.165) is 41.0 Å². The number of methoxy groups -OCH3 is 1. The molecule has 3 rings (SSSR count). The van der Waals surface area contributed by atoms with Gasteiger partial charge in [0.05, 0.1) is 18.3 Å². The minimum Gasteiger partial charge on any atom is -0.496 e. The van der Waals surface area contributed by atoms with Gasteiger partial charge in [0, 0.05) is 16.7 Å². The molecule has 0 atom stereocenters. The number of hydrogen-bond donors (Lipinski definition) is 0. The molecule has 0 fully saturated rings. The molecule has 2 aromatic rings. The number of benzene rings is 1. The highest BCUT2D eigenvalue weighted by molar-refractivity contribution is 6.33. The molecule has 0 unspecified atom stereocenters. The fraction of sp³-hybridized carbons (Fsp3) is 0.250. The monoisotopic (exact) mass is 235 g/mol. The highest BCUT2D eigenvalue weighted by Gasteiger charge is 2.25. The van der Waals surface area contributed by atoms with E-state index < -0.39 is 0 Å². The number of hydrogen-bond acceptors (Lipinski definition) is 3. The maximum absolute atomic E-state index is 6.21. The van der Waals surface area contributed by atoms with Crippen LogP contribution in [0.5, 0.6) is 5.75 Å². The van der Waals surface area contributed by atoms with Gasteiger partial charge < -0.3 is 9.26 Å². The van der Waals surface area contributed by atoms with E-state index in [9.17, 15) is 0 Å². The van der Waals surface area contributed by atoms with Gasteiger partial charge in [-0.05, 0) is 25.0 Å². The molecule has 0 saturated carbocycles. The second-order valence-electron chi connectivity index (χ2n) is 3.78. The molecular weight excluding hydrogens is 226 g/mol. The normalized spacial score (nSPS) is 13.1. The number of fused-ring (bicyclic) bond motifs is 3. The second kappa shape index (κ2) is 3.52. The lowest BCUT2D eigenvalue weighted by molar-refractivity contribution is 0.407. The molecule has 0 N–H and O–H groups in total. The summed E-state index contributed by atoms with van der Waals surface area (Å²) in [4.78, 5) is 0. The Morgan fingerprint density at radius 2 is 2.25 bits per heavy atom. The number of rotatable bonds is 1. The molecule has 0 aliphatic heterocycles. The third-order valence-electron chi connectivity index (χ3n) is 2.95. The van der Waals surface area contributed by atoms with Gasteiger partial charge in [-0.2, -0.15) is 0 Å². The van der Waals surface area contributed by atoms with Crippen LogP contribution in [0.25, 0.3) is 11.3 Å². The van der Waals surface area contributed by atoms with Gasteiger partial charge in [0.15, 0.2) is 5.76 Å². The lowest BCUT2D eigenvalue weighted by atomic mass is 9.90. The van der Waals surface area contributed by atoms with Crippen molar-refractivity contribution in [2.45, 2.75) is 12.8 Å². The van der Waals surface area contributed by atoms with Crippen molar-refractivity contribution in [3.63, 3.8) is 0 Å². The maximum Gasteiger partial charge on any atom is 0.171 e. The largest absolute Gasteiger partial charge is 0.496 e. The van der Waals surface area contributed by atoms with E-state index in [-0.39, 0.29) is 0 Å². The summed E-state index contributed by atoms with van der Waals surface area (Å²) in [5, 5.41) is 4.51. The standard InChI is InChI=1S/C12H10ClNO2/c1-15-10-5-4-9(13)11-8(10)3-2-7-6-14-16-12(7)11/h4-6H,2-3H2,1H3. The van der Waals surface area contributed by atoms with Gasteiger partial charge in [-0.1, -0.05) is 16.8 Å². The number of ether oxygens (including phenoxy) is 1. The van der Waals surface area contributed by atoms with Crippen LogP contribution in [0, 0.1) is 0 Å². The van der Waals surface area contributed by atoms with Crippen LogP contribution in [0.15, 0.2) is 22.9 Å². The van der Waals surface area contributed by atoms with Crippen LogP contribution in [-0.4, -0.2) is 12.3 Å². The summed E-state index contributed by atoms with van der Waals surface area (Å²) in [5.74, 6) is 1.65. The first-order chi connectivity index (χ1) is 7.81. The molecule has 1 aliphatic carbocycles. The van der Waals surface area contributed by atoms with Crippen molar-refractivity contribution in [1.82, 2.24) is 5.16 Å². The van der Waals surface area contributed by atoms with E-state index in [2.05, 4.69) is 5.16 Å². The lowest BCUT2D eigenvalue weighted by Gasteiger charge is -2.18. The van der Waals surface area contributed by atoms with Crippen LogP contribution in [0.2, 0.25) is 5.02 Å². The zero-order chi connectivity index (χ0) is 11.1. The van der Waals surface area contributed by atoms with Crippen molar-refractivity contribution in [2.75, 3.05) is 7.11 Å². The molecule has 0 radical (unpaired) electrons. The Morgan fingerprint density at radius 3 is 3.06 bits per heavy atom. The Hall–Kier alpha value is -1.48. The molecule has 0 amide bonds. The molecule has 1 aromatic heterocycles. The molecular formula is C12H10ClNO2. The first kappa shape index (κ1) is 9.73. The van der Waals surface area contributed by atoms with Gasteiger partial charge >= 0.3 is 0 Å². The van der Waals surface area contributed by atoms with Crippen molar-refractivity contribution >= 4 is 11.6 Å². The van der Waals surface area contributed by atoms with Crippen LogP contribution in [0.1, 0.15) is 11.1 Å². The van der Waals surface area contributed by atoms with Gasteiger partial charge in [-0.3, -0.25) is 0 Å². The van der Waals surface area contributed by atoms with Crippen molar-refractivity contribution in [2.24, 2.45) is 0 Å². The topological polar surface area (TPSA) is 35.3 Å². The fourth-order valence-electron chi connectivity index (χ4n) is 2.19. The van der Waals surface area contributed by atoms with Crippen LogP contribution < -0.4 is 4.74 Å². The maximum atomic E-state index is 6.21. The van der Waals surface area contributed by atoms with Crippen molar-refractivity contribution in [3.8, 4) is 17.1 Å². The first-order valence-electron chi connectivity index (χ1n) is 5.10. The Balaban J connectivity index is 2.31. The summed E-state index contributed by atoms with van der Waals surface area (Å²) in [5.41, 5.74) is 3.15. The molecule has 0 spiro atoms. The fourth-order valence-corrected chi connectivity index (χ4v) is 2.45. The third kappa shape index (κ3) is 1.25. The van der Waals surface area contributed by atoms with Gasteiger partial charge in [-0.15, -0.1) is 0 Å². The Kier molecular flexibility index (Phi) is 2.14. The smallest absolute Gasteiger partial charge is 0.171 e. The van der Waals surface area contributed by atoms with E-state index >= 15 is 0 Å². The highest BCUT2D eigenvalue weighted by atomic mass is 35.5. The van der Waals surface area contributed by atoms with E-state index in [1.165, 1.54) is 0 Å². The molecule has 0 bridgehead atoms. The summed E-state index contributed by atoms with van der Waals surface area (Å²) in [7, 11) is 1.67. The van der Waals surface area contributed by atoms with E-state index in [1.54, 1.807) is 13.3 Å². The summed E-state index contributed by atoms with van der Waals surface area (Å²) in [6, 6.07) is 3.72. The molecule has 1 heterocycles. The van der Waals surface area contributed by atoms with Crippen LogP contribution >= 0.6 is 11.6 Å². The minimum absolute atomic E-state index is 0.688. The zero-order valence-electron chi connectivity index (χ0n) is 8.79. The van der Waals surface area contributed by atoms with E-state index in [0.29, 0.717) is 5.02 Å². The van der Waals surface area contributed by atoms with E-state index in [1.807, 2.05) is 12.1 Å². The Labute approximate surface area is 98.0 Å². The average molecular weight is 236 g/mol. The average Bonchev–Trinajstić information content (AvgIpc) is 2.77. The quantitative estimate of drug-likeness (QED) is 0.762. The zero-order valence-corrected chi connectivity index (χ0v) is 9.54. The highest BCUT2D eigenvalue weighted by Crippen LogP contribution is 2.42. The predicted octanol–water partition coefficient (Wildman–Crippen LogP) is 3.10. The molecule has 16 heavy (non-hydrogen) atoms. The van der Waals surface area contributed by atoms with Crippen LogP contribution in [0.4, 0.5) is 0 Å². The Morgan fingerprint density at radius 1 is 1.38 bits per heavy atom. The molecule has 4 heteroatoms. The van der Waals surface area contributed by atoms with Gasteiger partial charge in [0.25, 0.3) is 0 Å². The molecule has 3 nitrogen and oxygen atoms in total. The van der Waals surface area contributed by atoms with Crippen LogP contribution in [-0.2, 0) is 12.8 Å². The minimum atomic E-state index is 0.688. The summed E-state index contributed by atoms with van der Waals surface area (Å²) >= 11 is 6.21. The van der Waals surface area contributed by atoms with Crippen molar-refractivity contribution < 1.29 is 9.26 Å². The van der Waals surface area contributed by atoms with E-state index in [4.69, 9.17) is 20.9 Å². The summed E-state index contributed by atoms with van der Waals surface area (Å²) in [6.45, 7) is 0. The lowest BCUT2D eigenvalue weighted by Crippen LogP contribution is -2.04. The van der Waals surface area contributed by atoms with Crippen LogP contribution in [0.3, 0.4) is 0 Å². The SMILES string of the molecule is COc1ccc(Cl)c2c1CCc1cnoc1-2. The summed E-state index contributed by atoms with van der Waals surface area (Å²) < 4.78 is 10.6. The molecule has 1 aliphatic rings. The number of aryl methyl sites for hydroxylation is 1. The van der Waals surface area contributed by atoms with Crippen molar-refractivity contribution in [1.29, 1.82) is 0 Å². The number of aromatic nitrogens is 1. The molecule has 1 aromatic carbocycles. The predicted molar refractivity (Wildman–Crippen MR) is 60.9 cm³/mol. The van der Waals surface area contributed by atoms with Gasteiger partial charge in [0.2, 0.25) is 0 Å². The second-order valence-corrected chi connectivity index (χ2v) is 4.19. The Bertz CT molecular complexity index is 548. The molecule has 0 saturated heterocycles.